The molecule has 5 atom stereocenters. The lowest BCUT2D eigenvalue weighted by atomic mass is 9.76. The molecule has 136 valence electrons. The fraction of sp³-hybridized carbons (Fsp3) is 0.900. The lowest BCUT2D eigenvalue weighted by Gasteiger charge is -2.30. The molecule has 3 aliphatic rings. The van der Waals surface area contributed by atoms with Gasteiger partial charge < -0.3 is 9.47 Å². The number of carbonyl (C=O) groups is 2. The fourth-order valence-corrected chi connectivity index (χ4v) is 5.39. The largest absolute Gasteiger partial charge is 0.465 e. The summed E-state index contributed by atoms with van der Waals surface area (Å²) in [5.41, 5.74) is -0.253. The lowest BCUT2D eigenvalue weighted by molar-refractivity contribution is -0.163. The number of rotatable bonds is 6. The van der Waals surface area contributed by atoms with Crippen LogP contribution in [0.2, 0.25) is 0 Å². The van der Waals surface area contributed by atoms with E-state index in [9.17, 15) is 9.59 Å². The molecule has 0 aromatic heterocycles. The number of esters is 2. The van der Waals surface area contributed by atoms with E-state index < -0.39 is 0 Å². The molecular formula is C20H32O4. The normalized spacial score (nSPS) is 36.7. The first-order chi connectivity index (χ1) is 11.5. The molecule has 5 unspecified atom stereocenters. The van der Waals surface area contributed by atoms with Crippen LogP contribution in [0.25, 0.3) is 0 Å². The van der Waals surface area contributed by atoms with E-state index in [1.54, 1.807) is 0 Å². The van der Waals surface area contributed by atoms with E-state index in [-0.39, 0.29) is 36.5 Å². The Kier molecular flexibility index (Phi) is 5.22. The first-order valence-electron chi connectivity index (χ1n) is 9.84. The predicted octanol–water partition coefficient (Wildman–Crippen LogP) is 4.11. The van der Waals surface area contributed by atoms with Crippen LogP contribution in [0.15, 0.2) is 0 Å². The molecule has 3 saturated carbocycles. The second-order valence-corrected chi connectivity index (χ2v) is 8.36. The topological polar surface area (TPSA) is 52.6 Å². The Morgan fingerprint density at radius 2 is 1.79 bits per heavy atom. The molecule has 0 aromatic rings. The van der Waals surface area contributed by atoms with Gasteiger partial charge in [0.25, 0.3) is 0 Å². The molecule has 0 aliphatic heterocycles. The van der Waals surface area contributed by atoms with Gasteiger partial charge in [0, 0.05) is 0 Å². The molecule has 0 spiro atoms. The van der Waals surface area contributed by atoms with Gasteiger partial charge in [0.05, 0.1) is 12.3 Å². The summed E-state index contributed by atoms with van der Waals surface area (Å²) in [6.07, 6.45) is 7.40. The maximum Gasteiger partial charge on any atom is 0.309 e. The van der Waals surface area contributed by atoms with Crippen LogP contribution < -0.4 is 0 Å². The van der Waals surface area contributed by atoms with Crippen LogP contribution in [0.3, 0.4) is 0 Å². The summed E-state index contributed by atoms with van der Waals surface area (Å²) in [7, 11) is 0. The van der Waals surface area contributed by atoms with E-state index in [1.165, 1.54) is 6.42 Å². The summed E-state index contributed by atoms with van der Waals surface area (Å²) in [5, 5.41) is 0. The Balaban J connectivity index is 1.40. The Morgan fingerprint density at radius 1 is 1.08 bits per heavy atom. The zero-order valence-corrected chi connectivity index (χ0v) is 15.4. The molecule has 4 heteroatoms. The molecule has 2 bridgehead atoms. The first-order valence-corrected chi connectivity index (χ1v) is 9.84. The Hall–Kier alpha value is -1.06. The van der Waals surface area contributed by atoms with Gasteiger partial charge in [-0.2, -0.15) is 0 Å². The second kappa shape index (κ2) is 7.05. The number of hydrogen-bond donors (Lipinski definition) is 0. The van der Waals surface area contributed by atoms with E-state index in [2.05, 4.69) is 20.8 Å². The van der Waals surface area contributed by atoms with Crippen molar-refractivity contribution in [3.8, 4) is 0 Å². The van der Waals surface area contributed by atoms with Crippen molar-refractivity contribution in [2.75, 3.05) is 6.61 Å². The second-order valence-electron chi connectivity index (χ2n) is 8.36. The molecule has 4 nitrogen and oxygen atoms in total. The van der Waals surface area contributed by atoms with Crippen molar-refractivity contribution >= 4 is 11.9 Å². The molecule has 0 N–H and O–H groups in total. The fourth-order valence-electron chi connectivity index (χ4n) is 5.39. The van der Waals surface area contributed by atoms with Gasteiger partial charge in [-0.05, 0) is 68.6 Å². The number of carbonyl (C=O) groups excluding carboxylic acids is 2. The maximum atomic E-state index is 12.4. The first kappa shape index (κ1) is 17.8. The van der Waals surface area contributed by atoms with E-state index in [0.717, 1.165) is 44.4 Å². The molecule has 0 heterocycles. The molecule has 3 rings (SSSR count). The SMILES string of the molecule is CCC1(OC(=O)CCOC(=O)C2CC3CC2C(C)C3C)CCCC1. The molecule has 0 radical (unpaired) electrons. The minimum Gasteiger partial charge on any atom is -0.465 e. The molecule has 3 aliphatic carbocycles. The van der Waals surface area contributed by atoms with Crippen molar-refractivity contribution in [1.29, 1.82) is 0 Å². The van der Waals surface area contributed by atoms with Crippen LogP contribution in [-0.4, -0.2) is 24.1 Å². The molecule has 3 fully saturated rings. The third-order valence-electron chi connectivity index (χ3n) is 7.24. The van der Waals surface area contributed by atoms with Crippen molar-refractivity contribution in [3.05, 3.63) is 0 Å². The van der Waals surface area contributed by atoms with Crippen LogP contribution in [0.1, 0.15) is 72.1 Å². The van der Waals surface area contributed by atoms with Gasteiger partial charge in [-0.25, -0.2) is 0 Å². The highest BCUT2D eigenvalue weighted by Crippen LogP contribution is 2.55. The van der Waals surface area contributed by atoms with Gasteiger partial charge in [0.2, 0.25) is 0 Å². The van der Waals surface area contributed by atoms with Crippen molar-refractivity contribution in [3.63, 3.8) is 0 Å². The molecule has 0 aromatic carbocycles. The van der Waals surface area contributed by atoms with E-state index >= 15 is 0 Å². The third kappa shape index (κ3) is 3.34. The Labute approximate surface area is 145 Å². The summed E-state index contributed by atoms with van der Waals surface area (Å²) in [6, 6.07) is 0. The van der Waals surface area contributed by atoms with E-state index in [0.29, 0.717) is 17.8 Å². The highest BCUT2D eigenvalue weighted by atomic mass is 16.6. The lowest BCUT2D eigenvalue weighted by Crippen LogP contribution is -2.33. The van der Waals surface area contributed by atoms with Crippen LogP contribution in [-0.2, 0) is 19.1 Å². The van der Waals surface area contributed by atoms with Gasteiger partial charge in [0.15, 0.2) is 0 Å². The Morgan fingerprint density at radius 3 is 2.38 bits per heavy atom. The highest BCUT2D eigenvalue weighted by Gasteiger charge is 2.51. The average molecular weight is 336 g/mol. The monoisotopic (exact) mass is 336 g/mol. The van der Waals surface area contributed by atoms with Gasteiger partial charge in [-0.1, -0.05) is 20.8 Å². The van der Waals surface area contributed by atoms with Crippen LogP contribution in [0.5, 0.6) is 0 Å². The van der Waals surface area contributed by atoms with E-state index in [1.807, 2.05) is 0 Å². The minimum atomic E-state index is -0.253. The van der Waals surface area contributed by atoms with Crippen molar-refractivity contribution in [1.82, 2.24) is 0 Å². The third-order valence-corrected chi connectivity index (χ3v) is 7.24. The molecule has 0 amide bonds. The summed E-state index contributed by atoms with van der Waals surface area (Å²) in [4.78, 5) is 24.4. The molecule has 24 heavy (non-hydrogen) atoms. The number of fused-ring (bicyclic) bond motifs is 2. The summed E-state index contributed by atoms with van der Waals surface area (Å²) < 4.78 is 11.1. The van der Waals surface area contributed by atoms with Gasteiger partial charge in [-0.15, -0.1) is 0 Å². The van der Waals surface area contributed by atoms with Crippen molar-refractivity contribution in [2.24, 2.45) is 29.6 Å². The van der Waals surface area contributed by atoms with Crippen molar-refractivity contribution < 1.29 is 19.1 Å². The average Bonchev–Trinajstić information content (AvgIpc) is 3.25. The van der Waals surface area contributed by atoms with Crippen molar-refractivity contribution in [2.45, 2.75) is 77.7 Å². The van der Waals surface area contributed by atoms with Gasteiger partial charge >= 0.3 is 11.9 Å². The standard InChI is InChI=1S/C20H32O4/c1-4-20(8-5-6-9-20)24-18(21)7-10-23-19(22)17-12-15-11-16(17)14(3)13(15)2/h13-17H,4-12H2,1-3H3. The summed E-state index contributed by atoms with van der Waals surface area (Å²) >= 11 is 0. The highest BCUT2D eigenvalue weighted by molar-refractivity contribution is 5.74. The Bertz CT molecular complexity index is 478. The van der Waals surface area contributed by atoms with Crippen LogP contribution in [0.4, 0.5) is 0 Å². The number of ether oxygens (including phenoxy) is 2. The zero-order chi connectivity index (χ0) is 17.3. The molecular weight excluding hydrogens is 304 g/mol. The minimum absolute atomic E-state index is 0.0500. The zero-order valence-electron chi connectivity index (χ0n) is 15.4. The summed E-state index contributed by atoms with van der Waals surface area (Å²) in [5.74, 6) is 2.23. The predicted molar refractivity (Wildman–Crippen MR) is 91.2 cm³/mol. The van der Waals surface area contributed by atoms with Gasteiger partial charge in [0.1, 0.15) is 12.2 Å². The quantitative estimate of drug-likeness (QED) is 0.685. The van der Waals surface area contributed by atoms with Crippen LogP contribution >= 0.6 is 0 Å². The molecule has 0 saturated heterocycles. The van der Waals surface area contributed by atoms with E-state index in [4.69, 9.17) is 9.47 Å². The summed E-state index contributed by atoms with van der Waals surface area (Å²) in [6.45, 7) is 6.81. The van der Waals surface area contributed by atoms with Gasteiger partial charge in [-0.3, -0.25) is 9.59 Å². The number of hydrogen-bond acceptors (Lipinski definition) is 4. The maximum absolute atomic E-state index is 12.4. The smallest absolute Gasteiger partial charge is 0.309 e. The van der Waals surface area contributed by atoms with Crippen LogP contribution in [0, 0.1) is 29.6 Å².